The maximum Gasteiger partial charge on any atom is 0.248 e. The van der Waals surface area contributed by atoms with E-state index >= 15 is 0 Å². The normalized spacial score (nSPS) is 22.8. The van der Waals surface area contributed by atoms with Gasteiger partial charge in [-0.1, -0.05) is 13.8 Å². The molecule has 0 aliphatic carbocycles. The van der Waals surface area contributed by atoms with E-state index in [4.69, 9.17) is 5.73 Å². The molecule has 1 aliphatic heterocycles. The zero-order valence-corrected chi connectivity index (χ0v) is 12.6. The topological polar surface area (TPSA) is 75.4 Å². The molecule has 2 rings (SSSR count). The van der Waals surface area contributed by atoms with E-state index in [1.165, 1.54) is 6.42 Å². The summed E-state index contributed by atoms with van der Waals surface area (Å²) < 4.78 is 0. The third kappa shape index (κ3) is 4.56. The van der Waals surface area contributed by atoms with Gasteiger partial charge in [-0.15, -0.1) is 0 Å². The van der Waals surface area contributed by atoms with Gasteiger partial charge < -0.3 is 11.1 Å². The van der Waals surface area contributed by atoms with Crippen molar-refractivity contribution in [3.63, 3.8) is 0 Å². The fourth-order valence-electron chi connectivity index (χ4n) is 3.04. The van der Waals surface area contributed by atoms with Crippen molar-refractivity contribution >= 4 is 17.5 Å². The fraction of sp³-hybridized carbons (Fsp3) is 0.500. The first-order valence-corrected chi connectivity index (χ1v) is 7.36. The van der Waals surface area contributed by atoms with Gasteiger partial charge in [0.2, 0.25) is 11.8 Å². The van der Waals surface area contributed by atoms with Crippen LogP contribution in [0.4, 0.5) is 5.69 Å². The summed E-state index contributed by atoms with van der Waals surface area (Å²) in [6.45, 7) is 6.80. The highest BCUT2D eigenvalue weighted by Crippen LogP contribution is 2.20. The van der Waals surface area contributed by atoms with Gasteiger partial charge in [0.15, 0.2) is 0 Å². The molecule has 3 N–H and O–H groups in total. The Bertz CT molecular complexity index is 503. The quantitative estimate of drug-likeness (QED) is 0.886. The van der Waals surface area contributed by atoms with Crippen molar-refractivity contribution in [2.75, 3.05) is 25.0 Å². The number of hydrogen-bond acceptors (Lipinski definition) is 3. The first-order chi connectivity index (χ1) is 9.94. The van der Waals surface area contributed by atoms with Crippen LogP contribution in [0.3, 0.4) is 0 Å². The van der Waals surface area contributed by atoms with E-state index in [9.17, 15) is 9.59 Å². The third-order valence-electron chi connectivity index (χ3n) is 3.76. The Hall–Kier alpha value is -1.88. The van der Waals surface area contributed by atoms with E-state index in [1.54, 1.807) is 24.3 Å². The molecule has 0 bridgehead atoms. The van der Waals surface area contributed by atoms with E-state index in [-0.39, 0.29) is 5.91 Å². The molecule has 0 aromatic heterocycles. The van der Waals surface area contributed by atoms with Crippen LogP contribution in [0.5, 0.6) is 0 Å². The van der Waals surface area contributed by atoms with Crippen molar-refractivity contribution in [2.45, 2.75) is 20.3 Å². The van der Waals surface area contributed by atoms with E-state index in [0.717, 1.165) is 13.1 Å². The fourth-order valence-corrected chi connectivity index (χ4v) is 3.04. The second-order valence-corrected chi connectivity index (χ2v) is 6.13. The number of likely N-dealkylation sites (tertiary alicyclic amines) is 1. The molecule has 2 atom stereocenters. The molecule has 1 aliphatic rings. The predicted molar refractivity (Wildman–Crippen MR) is 83.0 cm³/mol. The van der Waals surface area contributed by atoms with Crippen molar-refractivity contribution in [1.29, 1.82) is 0 Å². The van der Waals surface area contributed by atoms with E-state index < -0.39 is 5.91 Å². The monoisotopic (exact) mass is 289 g/mol. The Kier molecular flexibility index (Phi) is 4.96. The van der Waals surface area contributed by atoms with Crippen molar-refractivity contribution in [2.24, 2.45) is 17.6 Å². The second-order valence-electron chi connectivity index (χ2n) is 6.13. The maximum absolute atomic E-state index is 12.1. The Morgan fingerprint density at radius 2 is 1.76 bits per heavy atom. The van der Waals surface area contributed by atoms with E-state index in [1.807, 2.05) is 0 Å². The number of primary amides is 1. The lowest BCUT2D eigenvalue weighted by molar-refractivity contribution is -0.117. The van der Waals surface area contributed by atoms with Gasteiger partial charge in [-0.3, -0.25) is 14.5 Å². The van der Waals surface area contributed by atoms with Crippen LogP contribution in [0.25, 0.3) is 0 Å². The van der Waals surface area contributed by atoms with Crippen molar-refractivity contribution in [1.82, 2.24) is 4.90 Å². The number of carbonyl (C=O) groups excluding carboxylic acids is 2. The molecule has 0 unspecified atom stereocenters. The van der Waals surface area contributed by atoms with Crippen LogP contribution in [-0.4, -0.2) is 36.3 Å². The molecule has 0 saturated carbocycles. The number of nitrogens with one attached hydrogen (secondary N) is 1. The summed E-state index contributed by atoms with van der Waals surface area (Å²) in [4.78, 5) is 25.3. The Morgan fingerprint density at radius 3 is 2.29 bits per heavy atom. The number of amides is 2. The molecule has 2 amide bonds. The first kappa shape index (κ1) is 15.5. The Labute approximate surface area is 125 Å². The molecule has 1 aromatic rings. The minimum absolute atomic E-state index is 0.0249. The van der Waals surface area contributed by atoms with Crippen molar-refractivity contribution in [3.05, 3.63) is 29.8 Å². The van der Waals surface area contributed by atoms with E-state index in [2.05, 4.69) is 24.1 Å². The van der Waals surface area contributed by atoms with Crippen molar-refractivity contribution < 1.29 is 9.59 Å². The molecular weight excluding hydrogens is 266 g/mol. The van der Waals surface area contributed by atoms with E-state index in [0.29, 0.717) is 29.6 Å². The number of piperidine rings is 1. The zero-order valence-electron chi connectivity index (χ0n) is 12.6. The summed E-state index contributed by atoms with van der Waals surface area (Å²) in [5.74, 6) is 0.778. The van der Waals surface area contributed by atoms with Gasteiger partial charge in [0.25, 0.3) is 0 Å². The zero-order chi connectivity index (χ0) is 15.4. The average molecular weight is 289 g/mol. The third-order valence-corrected chi connectivity index (χ3v) is 3.76. The lowest BCUT2D eigenvalue weighted by Crippen LogP contribution is -2.42. The summed E-state index contributed by atoms with van der Waals surface area (Å²) in [5, 5.41) is 2.85. The molecule has 114 valence electrons. The number of hydrogen-bond donors (Lipinski definition) is 2. The molecule has 5 heteroatoms. The lowest BCUT2D eigenvalue weighted by atomic mass is 9.92. The summed E-state index contributed by atoms with van der Waals surface area (Å²) in [6.07, 6.45) is 1.23. The van der Waals surface area contributed by atoms with Gasteiger partial charge in [-0.05, 0) is 42.5 Å². The molecular formula is C16H23N3O2. The standard InChI is InChI=1S/C16H23N3O2/c1-11-7-12(2)9-19(8-11)10-15(20)18-14-5-3-13(4-6-14)16(17)21/h3-6,11-12H,7-10H2,1-2H3,(H2,17,21)(H,18,20)/t11-,12-/m1/s1. The minimum atomic E-state index is -0.468. The highest BCUT2D eigenvalue weighted by atomic mass is 16.2. The van der Waals surface area contributed by atoms with Gasteiger partial charge in [0.05, 0.1) is 6.54 Å². The second kappa shape index (κ2) is 6.72. The largest absolute Gasteiger partial charge is 0.366 e. The molecule has 0 spiro atoms. The van der Waals surface area contributed by atoms with Crippen LogP contribution >= 0.6 is 0 Å². The Balaban J connectivity index is 1.88. The molecule has 1 saturated heterocycles. The van der Waals surface area contributed by atoms with Crippen molar-refractivity contribution in [3.8, 4) is 0 Å². The van der Waals surface area contributed by atoms with Crippen LogP contribution < -0.4 is 11.1 Å². The highest BCUT2D eigenvalue weighted by Gasteiger charge is 2.23. The smallest absolute Gasteiger partial charge is 0.248 e. The molecule has 1 fully saturated rings. The lowest BCUT2D eigenvalue weighted by Gasteiger charge is -2.34. The van der Waals surface area contributed by atoms with Gasteiger partial charge in [-0.25, -0.2) is 0 Å². The number of nitrogens with zero attached hydrogens (tertiary/aromatic N) is 1. The summed E-state index contributed by atoms with van der Waals surface area (Å²) >= 11 is 0. The summed E-state index contributed by atoms with van der Waals surface area (Å²) in [5.41, 5.74) is 6.30. The van der Waals surface area contributed by atoms with Gasteiger partial charge in [0, 0.05) is 24.3 Å². The van der Waals surface area contributed by atoms with Gasteiger partial charge in [-0.2, -0.15) is 0 Å². The van der Waals surface area contributed by atoms with Crippen LogP contribution in [-0.2, 0) is 4.79 Å². The molecule has 21 heavy (non-hydrogen) atoms. The van der Waals surface area contributed by atoms with Crippen LogP contribution in [0.1, 0.15) is 30.6 Å². The maximum atomic E-state index is 12.1. The minimum Gasteiger partial charge on any atom is -0.366 e. The predicted octanol–water partition coefficient (Wildman–Crippen LogP) is 1.70. The molecule has 1 aromatic carbocycles. The Morgan fingerprint density at radius 1 is 1.19 bits per heavy atom. The number of carbonyl (C=O) groups is 2. The van der Waals surface area contributed by atoms with Crippen LogP contribution in [0.15, 0.2) is 24.3 Å². The van der Waals surface area contributed by atoms with Gasteiger partial charge >= 0.3 is 0 Å². The number of anilines is 1. The first-order valence-electron chi connectivity index (χ1n) is 7.36. The SMILES string of the molecule is C[C@@H]1C[C@@H](C)CN(CC(=O)Nc2ccc(C(N)=O)cc2)C1. The number of nitrogens with two attached hydrogens (primary N) is 1. The van der Waals surface area contributed by atoms with Crippen LogP contribution in [0.2, 0.25) is 0 Å². The van der Waals surface area contributed by atoms with Crippen LogP contribution in [0, 0.1) is 11.8 Å². The highest BCUT2D eigenvalue weighted by molar-refractivity contribution is 5.95. The summed E-state index contributed by atoms with van der Waals surface area (Å²) in [6, 6.07) is 6.62. The van der Waals surface area contributed by atoms with Gasteiger partial charge in [0.1, 0.15) is 0 Å². The molecule has 0 radical (unpaired) electrons. The molecule has 5 nitrogen and oxygen atoms in total. The number of benzene rings is 1. The molecule has 1 heterocycles. The summed E-state index contributed by atoms with van der Waals surface area (Å²) in [7, 11) is 0. The number of rotatable bonds is 4. The average Bonchev–Trinajstić information content (AvgIpc) is 2.37.